The minimum Gasteiger partial charge on any atom is -0.360 e. The topological polar surface area (TPSA) is 103 Å². The van der Waals surface area contributed by atoms with E-state index in [9.17, 15) is 9.18 Å². The van der Waals surface area contributed by atoms with Crippen LogP contribution in [0.1, 0.15) is 36.1 Å². The lowest BCUT2D eigenvalue weighted by Crippen LogP contribution is -2.39. The Bertz CT molecular complexity index is 1290. The van der Waals surface area contributed by atoms with E-state index in [1.165, 1.54) is 16.8 Å². The molecule has 1 aliphatic heterocycles. The molecule has 1 saturated heterocycles. The number of piperidine rings is 1. The molecule has 0 aliphatic carbocycles. The highest BCUT2D eigenvalue weighted by atomic mass is 19.1. The second-order valence-corrected chi connectivity index (χ2v) is 7.87. The summed E-state index contributed by atoms with van der Waals surface area (Å²) in [7, 11) is 0. The first kappa shape index (κ1) is 19.6. The van der Waals surface area contributed by atoms with Crippen LogP contribution in [0.25, 0.3) is 22.3 Å². The highest BCUT2D eigenvalue weighted by molar-refractivity contribution is 5.81. The molecule has 4 heterocycles. The number of hydrogen-bond donors (Lipinski definition) is 0. The van der Waals surface area contributed by atoms with Crippen LogP contribution in [0.4, 0.5) is 4.39 Å². The summed E-state index contributed by atoms with van der Waals surface area (Å²) in [5.74, 6) is 1.31. The van der Waals surface area contributed by atoms with Crippen LogP contribution < -0.4 is 5.56 Å². The molecule has 0 amide bonds. The van der Waals surface area contributed by atoms with Crippen molar-refractivity contribution in [3.8, 4) is 11.4 Å². The lowest BCUT2D eigenvalue weighted by Gasteiger charge is -2.30. The average molecular weight is 424 g/mol. The van der Waals surface area contributed by atoms with Gasteiger partial charge >= 0.3 is 0 Å². The predicted octanol–water partition coefficient (Wildman–Crippen LogP) is 3.03. The Labute approximate surface area is 176 Å². The molecule has 10 heteroatoms. The maximum absolute atomic E-state index is 13.2. The standard InChI is InChI=1S/C21H21FN6O3/c1-12-17-13(2)30-25-18(17)21(29)28(24-12)11-27-9-3-4-15(10-27)20-23-19(26-31-20)14-5-7-16(22)8-6-14/h5-8,15H,3-4,9-11H2,1-2H3. The lowest BCUT2D eigenvalue weighted by molar-refractivity contribution is 0.141. The summed E-state index contributed by atoms with van der Waals surface area (Å²) < 4.78 is 25.3. The normalized spacial score (nSPS) is 17.5. The summed E-state index contributed by atoms with van der Waals surface area (Å²) in [5, 5.41) is 13.1. The van der Waals surface area contributed by atoms with Gasteiger partial charge in [-0.25, -0.2) is 9.07 Å². The molecule has 31 heavy (non-hydrogen) atoms. The van der Waals surface area contributed by atoms with Crippen molar-refractivity contribution >= 4 is 10.9 Å². The number of likely N-dealkylation sites (tertiary alicyclic amines) is 1. The Balaban J connectivity index is 1.34. The van der Waals surface area contributed by atoms with E-state index in [1.807, 2.05) is 6.92 Å². The molecule has 1 aromatic carbocycles. The summed E-state index contributed by atoms with van der Waals surface area (Å²) in [5.41, 5.74) is 1.45. The van der Waals surface area contributed by atoms with Crippen LogP contribution in [-0.2, 0) is 6.67 Å². The number of halogens is 1. The van der Waals surface area contributed by atoms with Crippen molar-refractivity contribution in [1.82, 2.24) is 30.0 Å². The number of nitrogens with zero attached hydrogens (tertiary/aromatic N) is 6. The fourth-order valence-electron chi connectivity index (χ4n) is 4.13. The van der Waals surface area contributed by atoms with E-state index in [-0.39, 0.29) is 17.3 Å². The molecule has 0 N–H and O–H groups in total. The quantitative estimate of drug-likeness (QED) is 0.493. The van der Waals surface area contributed by atoms with Gasteiger partial charge in [0.2, 0.25) is 11.7 Å². The van der Waals surface area contributed by atoms with E-state index in [0.29, 0.717) is 52.8 Å². The van der Waals surface area contributed by atoms with Crippen LogP contribution in [0.5, 0.6) is 0 Å². The zero-order chi connectivity index (χ0) is 21.5. The molecule has 1 fully saturated rings. The first-order chi connectivity index (χ1) is 15.0. The van der Waals surface area contributed by atoms with Gasteiger partial charge in [0.1, 0.15) is 11.6 Å². The largest absolute Gasteiger partial charge is 0.360 e. The summed E-state index contributed by atoms with van der Waals surface area (Å²) in [6.45, 7) is 5.45. The van der Waals surface area contributed by atoms with Crippen LogP contribution in [0.3, 0.4) is 0 Å². The number of fused-ring (bicyclic) bond motifs is 1. The van der Waals surface area contributed by atoms with E-state index in [4.69, 9.17) is 9.05 Å². The summed E-state index contributed by atoms with van der Waals surface area (Å²) >= 11 is 0. The first-order valence-corrected chi connectivity index (χ1v) is 10.1. The van der Waals surface area contributed by atoms with E-state index >= 15 is 0 Å². The fourth-order valence-corrected chi connectivity index (χ4v) is 4.13. The number of benzene rings is 1. The van der Waals surface area contributed by atoms with Crippen LogP contribution in [0.15, 0.2) is 38.1 Å². The highest BCUT2D eigenvalue weighted by Crippen LogP contribution is 2.28. The third-order valence-electron chi connectivity index (χ3n) is 5.67. The van der Waals surface area contributed by atoms with Crippen LogP contribution >= 0.6 is 0 Å². The first-order valence-electron chi connectivity index (χ1n) is 10.1. The Morgan fingerprint density at radius 1 is 1.16 bits per heavy atom. The highest BCUT2D eigenvalue weighted by Gasteiger charge is 2.27. The molecule has 3 aromatic heterocycles. The molecule has 5 rings (SSSR count). The van der Waals surface area contributed by atoms with Crippen LogP contribution in [0.2, 0.25) is 0 Å². The minimum absolute atomic E-state index is 0.0465. The fraction of sp³-hybridized carbons (Fsp3) is 0.381. The minimum atomic E-state index is -0.312. The number of hydrogen-bond acceptors (Lipinski definition) is 8. The summed E-state index contributed by atoms with van der Waals surface area (Å²) in [6.07, 6.45) is 1.84. The van der Waals surface area contributed by atoms with E-state index < -0.39 is 0 Å². The molecule has 4 aromatic rings. The zero-order valence-electron chi connectivity index (χ0n) is 17.2. The van der Waals surface area contributed by atoms with E-state index in [2.05, 4.69) is 25.3 Å². The molecule has 1 unspecified atom stereocenters. The van der Waals surface area contributed by atoms with Gasteiger partial charge in [-0.15, -0.1) is 0 Å². The number of aryl methyl sites for hydroxylation is 2. The van der Waals surface area contributed by atoms with Crippen molar-refractivity contribution in [2.45, 2.75) is 39.3 Å². The third kappa shape index (κ3) is 3.63. The number of rotatable bonds is 4. The maximum atomic E-state index is 13.2. The molecule has 1 atom stereocenters. The van der Waals surface area contributed by atoms with Crippen LogP contribution in [0, 0.1) is 19.7 Å². The van der Waals surface area contributed by atoms with Crippen molar-refractivity contribution in [1.29, 1.82) is 0 Å². The van der Waals surface area contributed by atoms with E-state index in [0.717, 1.165) is 19.4 Å². The van der Waals surface area contributed by atoms with Gasteiger partial charge in [-0.1, -0.05) is 10.3 Å². The Morgan fingerprint density at radius 3 is 2.77 bits per heavy atom. The number of aromatic nitrogens is 5. The molecular formula is C21H21FN6O3. The third-order valence-corrected chi connectivity index (χ3v) is 5.67. The van der Waals surface area contributed by atoms with Gasteiger partial charge in [-0.3, -0.25) is 9.69 Å². The molecule has 0 saturated carbocycles. The Kier molecular flexibility index (Phi) is 4.85. The molecule has 0 spiro atoms. The molecular weight excluding hydrogens is 403 g/mol. The molecule has 0 radical (unpaired) electrons. The van der Waals surface area contributed by atoms with Gasteiger partial charge in [-0.2, -0.15) is 10.1 Å². The van der Waals surface area contributed by atoms with Gasteiger partial charge in [-0.05, 0) is 57.5 Å². The Morgan fingerprint density at radius 2 is 1.97 bits per heavy atom. The van der Waals surface area contributed by atoms with Crippen molar-refractivity contribution in [3.63, 3.8) is 0 Å². The van der Waals surface area contributed by atoms with Gasteiger partial charge < -0.3 is 9.05 Å². The second-order valence-electron chi connectivity index (χ2n) is 7.87. The van der Waals surface area contributed by atoms with Crippen molar-refractivity contribution < 1.29 is 13.4 Å². The Hall–Kier alpha value is -3.40. The van der Waals surface area contributed by atoms with Gasteiger partial charge in [0.25, 0.3) is 5.56 Å². The second kappa shape index (κ2) is 7.69. The smallest absolute Gasteiger partial charge is 0.298 e. The average Bonchev–Trinajstić information content (AvgIpc) is 3.40. The summed E-state index contributed by atoms with van der Waals surface area (Å²) in [6, 6.07) is 5.99. The molecule has 9 nitrogen and oxygen atoms in total. The molecule has 160 valence electrons. The maximum Gasteiger partial charge on any atom is 0.298 e. The zero-order valence-corrected chi connectivity index (χ0v) is 17.2. The SMILES string of the molecule is Cc1nn(CN2CCCC(c3nc(-c4ccc(F)cc4)no3)C2)c(=O)c2noc(C)c12. The van der Waals surface area contributed by atoms with Crippen molar-refractivity contribution in [2.24, 2.45) is 0 Å². The summed E-state index contributed by atoms with van der Waals surface area (Å²) in [4.78, 5) is 19.4. The van der Waals surface area contributed by atoms with Gasteiger partial charge in [0, 0.05) is 12.1 Å². The van der Waals surface area contributed by atoms with Crippen molar-refractivity contribution in [3.05, 3.63) is 57.8 Å². The monoisotopic (exact) mass is 424 g/mol. The van der Waals surface area contributed by atoms with E-state index in [1.54, 1.807) is 19.1 Å². The van der Waals surface area contributed by atoms with Gasteiger partial charge in [0.05, 0.1) is 23.7 Å². The molecule has 0 bridgehead atoms. The lowest BCUT2D eigenvalue weighted by atomic mass is 9.98. The predicted molar refractivity (Wildman–Crippen MR) is 109 cm³/mol. The molecule has 1 aliphatic rings. The van der Waals surface area contributed by atoms with Gasteiger partial charge in [0.15, 0.2) is 5.52 Å². The van der Waals surface area contributed by atoms with Crippen LogP contribution in [-0.4, -0.2) is 43.1 Å². The van der Waals surface area contributed by atoms with Crippen molar-refractivity contribution in [2.75, 3.05) is 13.1 Å².